The molecule has 0 aliphatic carbocycles. The third-order valence-electron chi connectivity index (χ3n) is 3.28. The van der Waals surface area contributed by atoms with Crippen molar-refractivity contribution in [2.24, 2.45) is 5.73 Å². The SMILES string of the molecule is CN(C)CCN(C)[C@@H]1[C@H](O)[C@H](CO)O[C@@H]1CN.Cl.Cl.Cl. The molecule has 4 N–H and O–H groups in total. The van der Waals surface area contributed by atoms with Gasteiger partial charge in [-0.05, 0) is 21.1 Å². The lowest BCUT2D eigenvalue weighted by atomic mass is 10.0. The number of nitrogens with two attached hydrogens (primary N) is 1. The Morgan fingerprint density at radius 3 is 2.00 bits per heavy atom. The number of halogens is 3. The van der Waals surface area contributed by atoms with Gasteiger partial charge in [-0.3, -0.25) is 4.90 Å². The molecule has 1 aliphatic heterocycles. The number of aliphatic hydroxyl groups is 2. The molecule has 0 unspecified atom stereocenters. The standard InChI is InChI=1S/C11H25N3O3.3ClH/c1-13(2)4-5-14(3)10-8(6-12)17-9(7-15)11(10)16;;;/h8-11,15-16H,4-7,12H2,1-3H3;3*1H/t8-,9+,10+,11-;;;/m1.../s1. The maximum atomic E-state index is 10.1. The van der Waals surface area contributed by atoms with Crippen LogP contribution in [-0.2, 0) is 4.74 Å². The van der Waals surface area contributed by atoms with Crippen molar-refractivity contribution in [3.63, 3.8) is 0 Å². The lowest BCUT2D eigenvalue weighted by Crippen LogP contribution is -2.50. The Kier molecular flexibility index (Phi) is 15.6. The summed E-state index contributed by atoms with van der Waals surface area (Å²) in [6.45, 7) is 1.91. The molecule has 1 rings (SSSR count). The molecule has 20 heavy (non-hydrogen) atoms. The molecule has 1 heterocycles. The van der Waals surface area contributed by atoms with E-state index in [1.807, 2.05) is 21.1 Å². The molecule has 1 aliphatic rings. The van der Waals surface area contributed by atoms with E-state index in [9.17, 15) is 5.11 Å². The van der Waals surface area contributed by atoms with Gasteiger partial charge in [0.15, 0.2) is 0 Å². The average molecular weight is 357 g/mol. The van der Waals surface area contributed by atoms with Crippen LogP contribution in [-0.4, -0.2) is 91.8 Å². The summed E-state index contributed by atoms with van der Waals surface area (Å²) in [5, 5.41) is 19.2. The Balaban J connectivity index is -0.000000963. The minimum atomic E-state index is -0.680. The van der Waals surface area contributed by atoms with Crippen LogP contribution in [0, 0.1) is 0 Å². The van der Waals surface area contributed by atoms with E-state index in [0.29, 0.717) is 6.54 Å². The van der Waals surface area contributed by atoms with Gasteiger partial charge in [0, 0.05) is 19.6 Å². The van der Waals surface area contributed by atoms with Crippen molar-refractivity contribution in [1.29, 1.82) is 0 Å². The summed E-state index contributed by atoms with van der Waals surface area (Å²) in [6.07, 6.45) is -1.41. The van der Waals surface area contributed by atoms with Crippen molar-refractivity contribution in [3.05, 3.63) is 0 Å². The van der Waals surface area contributed by atoms with Crippen LogP contribution >= 0.6 is 37.2 Å². The van der Waals surface area contributed by atoms with E-state index in [4.69, 9.17) is 15.6 Å². The third-order valence-corrected chi connectivity index (χ3v) is 3.28. The van der Waals surface area contributed by atoms with Crippen molar-refractivity contribution in [2.75, 3.05) is 47.4 Å². The van der Waals surface area contributed by atoms with Crippen LogP contribution in [0.3, 0.4) is 0 Å². The minimum Gasteiger partial charge on any atom is -0.394 e. The summed E-state index contributed by atoms with van der Waals surface area (Å²) in [4.78, 5) is 4.14. The highest BCUT2D eigenvalue weighted by Crippen LogP contribution is 2.24. The Labute approximate surface area is 139 Å². The molecule has 6 nitrogen and oxygen atoms in total. The minimum absolute atomic E-state index is 0. The molecular formula is C11H28Cl3N3O3. The van der Waals surface area contributed by atoms with Crippen molar-refractivity contribution in [1.82, 2.24) is 9.80 Å². The molecule has 0 amide bonds. The quantitative estimate of drug-likeness (QED) is 0.578. The zero-order valence-corrected chi connectivity index (χ0v) is 14.6. The predicted molar refractivity (Wildman–Crippen MR) is 87.5 cm³/mol. The number of aliphatic hydroxyl groups excluding tert-OH is 2. The molecule has 0 radical (unpaired) electrons. The highest BCUT2D eigenvalue weighted by atomic mass is 35.5. The fourth-order valence-corrected chi connectivity index (χ4v) is 2.22. The summed E-state index contributed by atoms with van der Waals surface area (Å²) in [5.41, 5.74) is 5.64. The van der Waals surface area contributed by atoms with Gasteiger partial charge in [-0.1, -0.05) is 0 Å². The van der Waals surface area contributed by atoms with Gasteiger partial charge in [0.25, 0.3) is 0 Å². The van der Waals surface area contributed by atoms with Crippen LogP contribution in [0.5, 0.6) is 0 Å². The van der Waals surface area contributed by atoms with Gasteiger partial charge in [-0.2, -0.15) is 0 Å². The summed E-state index contributed by atoms with van der Waals surface area (Å²) in [5.74, 6) is 0. The zero-order chi connectivity index (χ0) is 13.0. The first-order valence-corrected chi connectivity index (χ1v) is 6.00. The molecule has 0 saturated carbocycles. The maximum absolute atomic E-state index is 10.1. The van der Waals surface area contributed by atoms with E-state index in [1.165, 1.54) is 0 Å². The van der Waals surface area contributed by atoms with Gasteiger partial charge >= 0.3 is 0 Å². The molecular weight excluding hydrogens is 328 g/mol. The highest BCUT2D eigenvalue weighted by molar-refractivity contribution is 5.86. The van der Waals surface area contributed by atoms with E-state index in [0.717, 1.165) is 13.1 Å². The Bertz CT molecular complexity index is 238. The number of hydrogen-bond donors (Lipinski definition) is 3. The van der Waals surface area contributed by atoms with Crippen molar-refractivity contribution >= 4 is 37.2 Å². The number of nitrogens with zero attached hydrogens (tertiary/aromatic N) is 2. The number of ether oxygens (including phenoxy) is 1. The third kappa shape index (κ3) is 6.60. The molecule has 9 heteroatoms. The number of likely N-dealkylation sites (N-methyl/N-ethyl adjacent to an activating group) is 2. The predicted octanol–water partition coefficient (Wildman–Crippen LogP) is -0.807. The smallest absolute Gasteiger partial charge is 0.109 e. The Morgan fingerprint density at radius 1 is 1.05 bits per heavy atom. The van der Waals surface area contributed by atoms with Crippen molar-refractivity contribution < 1.29 is 14.9 Å². The van der Waals surface area contributed by atoms with Gasteiger partial charge in [-0.25, -0.2) is 0 Å². The first-order valence-electron chi connectivity index (χ1n) is 6.00. The molecule has 4 atom stereocenters. The van der Waals surface area contributed by atoms with Crippen LogP contribution in [0.1, 0.15) is 0 Å². The van der Waals surface area contributed by atoms with E-state index < -0.39 is 12.2 Å². The van der Waals surface area contributed by atoms with Crippen LogP contribution < -0.4 is 5.73 Å². The molecule has 0 aromatic rings. The zero-order valence-electron chi connectivity index (χ0n) is 12.1. The van der Waals surface area contributed by atoms with Crippen LogP contribution in [0.4, 0.5) is 0 Å². The first-order chi connectivity index (χ1) is 8.01. The van der Waals surface area contributed by atoms with Crippen LogP contribution in [0.15, 0.2) is 0 Å². The Morgan fingerprint density at radius 2 is 1.60 bits per heavy atom. The maximum Gasteiger partial charge on any atom is 0.109 e. The topological polar surface area (TPSA) is 82.2 Å². The molecule has 126 valence electrons. The van der Waals surface area contributed by atoms with Gasteiger partial charge in [0.2, 0.25) is 0 Å². The summed E-state index contributed by atoms with van der Waals surface area (Å²) < 4.78 is 5.53. The summed E-state index contributed by atoms with van der Waals surface area (Å²) >= 11 is 0. The normalized spacial score (nSPS) is 28.8. The van der Waals surface area contributed by atoms with Crippen LogP contribution in [0.2, 0.25) is 0 Å². The first kappa shape index (κ1) is 25.6. The lowest BCUT2D eigenvalue weighted by molar-refractivity contribution is -0.0193. The summed E-state index contributed by atoms with van der Waals surface area (Å²) in [7, 11) is 5.96. The highest BCUT2D eigenvalue weighted by Gasteiger charge is 2.44. The lowest BCUT2D eigenvalue weighted by Gasteiger charge is -2.30. The number of hydrogen-bond acceptors (Lipinski definition) is 6. The average Bonchev–Trinajstić information content (AvgIpc) is 2.62. The second-order valence-electron chi connectivity index (χ2n) is 4.90. The van der Waals surface area contributed by atoms with E-state index in [2.05, 4.69) is 9.80 Å². The fourth-order valence-electron chi connectivity index (χ4n) is 2.22. The second-order valence-corrected chi connectivity index (χ2v) is 4.90. The van der Waals surface area contributed by atoms with Gasteiger partial charge in [-0.15, -0.1) is 37.2 Å². The molecule has 0 spiro atoms. The van der Waals surface area contributed by atoms with Crippen LogP contribution in [0.25, 0.3) is 0 Å². The second kappa shape index (κ2) is 12.2. The molecule has 0 aromatic carbocycles. The molecule has 1 fully saturated rings. The van der Waals surface area contributed by atoms with E-state index in [1.54, 1.807) is 0 Å². The molecule has 1 saturated heterocycles. The Hall–Kier alpha value is 0.630. The molecule has 0 aromatic heterocycles. The van der Waals surface area contributed by atoms with Crippen molar-refractivity contribution in [3.8, 4) is 0 Å². The van der Waals surface area contributed by atoms with E-state index in [-0.39, 0.29) is 56.0 Å². The molecule has 0 bridgehead atoms. The largest absolute Gasteiger partial charge is 0.394 e. The van der Waals surface area contributed by atoms with E-state index >= 15 is 0 Å². The van der Waals surface area contributed by atoms with Gasteiger partial charge in [0.05, 0.1) is 18.8 Å². The van der Waals surface area contributed by atoms with Gasteiger partial charge in [0.1, 0.15) is 12.2 Å². The monoisotopic (exact) mass is 355 g/mol. The van der Waals surface area contributed by atoms with Crippen molar-refractivity contribution in [2.45, 2.75) is 24.4 Å². The number of rotatable bonds is 6. The fraction of sp³-hybridized carbons (Fsp3) is 1.00. The van der Waals surface area contributed by atoms with Gasteiger partial charge < -0.3 is 25.6 Å². The summed E-state index contributed by atoms with van der Waals surface area (Å²) in [6, 6.07) is -0.142.